The fourth-order valence-corrected chi connectivity index (χ4v) is 4.75. The molecule has 3 amide bonds. The number of halogens is 5. The molecule has 0 radical (unpaired) electrons. The van der Waals surface area contributed by atoms with E-state index in [2.05, 4.69) is 10.3 Å². The van der Waals surface area contributed by atoms with Crippen LogP contribution in [0.2, 0.25) is 0 Å². The Kier molecular flexibility index (Phi) is 13.8. The monoisotopic (exact) mass is 742 g/mol. The standard InChI is InChI=1S/C30H30F2N4O9.C2HF3O2/c1-2-44-30(43)36-12-10-35(11-13-36)28(40)21(8-9-24(37)38)34-27(39)22-16-23(19-14-18(31)15-20(32)25(19)33-22)45-26(29(41)42)17-6-4-3-5-7-17;3-2(4,5)1(6)7/h3-7,14-16,21,26H,2,8-13H2,1H3,(H,34,39)(H,37,38)(H,41,42);(H,6,7)/t21-,26?;/m0./s1. The zero-order valence-corrected chi connectivity index (χ0v) is 27.1. The number of aliphatic carboxylic acids is 3. The van der Waals surface area contributed by atoms with Crippen LogP contribution >= 0.6 is 0 Å². The highest BCUT2D eigenvalue weighted by molar-refractivity contribution is 5.99. The van der Waals surface area contributed by atoms with Crippen LogP contribution in [0.5, 0.6) is 5.75 Å². The van der Waals surface area contributed by atoms with Gasteiger partial charge in [-0.15, -0.1) is 0 Å². The molecule has 1 aromatic heterocycles. The first-order chi connectivity index (χ1) is 24.4. The maximum Gasteiger partial charge on any atom is 0.490 e. The number of benzene rings is 2. The van der Waals surface area contributed by atoms with Crippen LogP contribution in [0.25, 0.3) is 10.9 Å². The number of aromatic nitrogens is 1. The SMILES string of the molecule is CCOC(=O)N1CCN(C(=O)[C@H](CCC(=O)O)NC(=O)c2cc(OC(C(=O)O)c3ccccc3)c3cc(F)cc(F)c3n2)CC1.O=C(O)C(F)(F)F. The van der Waals surface area contributed by atoms with Gasteiger partial charge in [0.25, 0.3) is 5.91 Å². The van der Waals surface area contributed by atoms with E-state index in [1.807, 2.05) is 0 Å². The third kappa shape index (κ3) is 11.0. The predicted octanol–water partition coefficient (Wildman–Crippen LogP) is 3.61. The Hall–Kier alpha value is -6.08. The van der Waals surface area contributed by atoms with Gasteiger partial charge in [0.15, 0.2) is 5.82 Å². The highest BCUT2D eigenvalue weighted by Gasteiger charge is 2.38. The minimum Gasteiger partial charge on any atom is -0.481 e. The van der Waals surface area contributed by atoms with Gasteiger partial charge in [-0.1, -0.05) is 30.3 Å². The van der Waals surface area contributed by atoms with Crippen LogP contribution in [0.4, 0.5) is 26.7 Å². The van der Waals surface area contributed by atoms with Crippen LogP contribution < -0.4 is 10.1 Å². The van der Waals surface area contributed by atoms with Crippen molar-refractivity contribution in [2.75, 3.05) is 32.8 Å². The molecule has 2 heterocycles. The number of amides is 3. The third-order valence-electron chi connectivity index (χ3n) is 7.21. The minimum absolute atomic E-state index is 0.0934. The van der Waals surface area contributed by atoms with Crippen LogP contribution in [0.15, 0.2) is 48.5 Å². The fraction of sp³-hybridized carbons (Fsp3) is 0.344. The number of rotatable bonds is 11. The summed E-state index contributed by atoms with van der Waals surface area (Å²) in [4.78, 5) is 77.9. The van der Waals surface area contributed by atoms with Crippen molar-refractivity contribution in [3.05, 3.63) is 71.4 Å². The lowest BCUT2D eigenvalue weighted by Gasteiger charge is -2.35. The Bertz CT molecular complexity index is 1800. The van der Waals surface area contributed by atoms with Crippen molar-refractivity contribution < 1.29 is 75.5 Å². The number of pyridine rings is 1. The van der Waals surface area contributed by atoms with Gasteiger partial charge in [-0.3, -0.25) is 14.4 Å². The molecular formula is C32H31F5N4O11. The summed E-state index contributed by atoms with van der Waals surface area (Å²) in [7, 11) is 0. The number of carbonyl (C=O) groups excluding carboxylic acids is 3. The number of fused-ring (bicyclic) bond motifs is 1. The van der Waals surface area contributed by atoms with Crippen LogP contribution in [0, 0.1) is 11.6 Å². The molecule has 2 aromatic carbocycles. The summed E-state index contributed by atoms with van der Waals surface area (Å²) in [6, 6.07) is 8.80. The lowest BCUT2D eigenvalue weighted by molar-refractivity contribution is -0.192. The molecule has 2 atom stereocenters. The number of alkyl halides is 3. The second kappa shape index (κ2) is 17.7. The molecule has 4 N–H and O–H groups in total. The second-order valence-corrected chi connectivity index (χ2v) is 10.8. The number of carbonyl (C=O) groups is 6. The summed E-state index contributed by atoms with van der Waals surface area (Å²) < 4.78 is 71.5. The normalized spacial score (nSPS) is 14.0. The van der Waals surface area contributed by atoms with Crippen LogP contribution in [0.3, 0.4) is 0 Å². The summed E-state index contributed by atoms with van der Waals surface area (Å²) in [5.74, 6) is -9.57. The second-order valence-electron chi connectivity index (χ2n) is 10.8. The molecule has 0 aliphatic carbocycles. The minimum atomic E-state index is -5.08. The maximum atomic E-state index is 14.9. The Labute approximate surface area is 290 Å². The maximum absolute atomic E-state index is 14.9. The Morgan fingerprint density at radius 1 is 0.923 bits per heavy atom. The Balaban J connectivity index is 0.000000944. The van der Waals surface area contributed by atoms with Gasteiger partial charge < -0.3 is 39.9 Å². The van der Waals surface area contributed by atoms with Crippen molar-refractivity contribution in [2.24, 2.45) is 0 Å². The number of piperazine rings is 1. The summed E-state index contributed by atoms with van der Waals surface area (Å²) in [6.07, 6.45) is -8.03. The average molecular weight is 743 g/mol. The van der Waals surface area contributed by atoms with E-state index in [0.29, 0.717) is 6.07 Å². The highest BCUT2D eigenvalue weighted by atomic mass is 19.4. The summed E-state index contributed by atoms with van der Waals surface area (Å²) in [6.45, 7) is 2.33. The van der Waals surface area contributed by atoms with Gasteiger partial charge >= 0.3 is 30.2 Å². The van der Waals surface area contributed by atoms with Gasteiger partial charge in [0.05, 0.1) is 6.61 Å². The van der Waals surface area contributed by atoms with Gasteiger partial charge in [0.2, 0.25) is 12.0 Å². The Morgan fingerprint density at radius 3 is 2.06 bits per heavy atom. The molecular weight excluding hydrogens is 711 g/mol. The zero-order valence-electron chi connectivity index (χ0n) is 27.1. The Morgan fingerprint density at radius 2 is 1.52 bits per heavy atom. The van der Waals surface area contributed by atoms with Crippen molar-refractivity contribution in [1.29, 1.82) is 0 Å². The third-order valence-corrected chi connectivity index (χ3v) is 7.21. The number of hydrogen-bond donors (Lipinski definition) is 4. The molecule has 3 aromatic rings. The first-order valence-electron chi connectivity index (χ1n) is 15.2. The van der Waals surface area contributed by atoms with E-state index < -0.39 is 83.4 Å². The molecule has 0 bridgehead atoms. The molecule has 1 aliphatic rings. The van der Waals surface area contributed by atoms with E-state index >= 15 is 0 Å². The molecule has 0 spiro atoms. The number of carboxylic acids is 3. The molecule has 52 heavy (non-hydrogen) atoms. The number of nitrogens with one attached hydrogen (secondary N) is 1. The molecule has 1 saturated heterocycles. The molecule has 15 nitrogen and oxygen atoms in total. The van der Waals surface area contributed by atoms with Gasteiger partial charge in [-0.05, 0) is 19.4 Å². The molecule has 280 valence electrons. The van der Waals surface area contributed by atoms with Crippen molar-refractivity contribution in [3.8, 4) is 5.75 Å². The number of hydrogen-bond acceptors (Lipinski definition) is 9. The number of nitrogens with zero attached hydrogens (tertiary/aromatic N) is 3. The summed E-state index contributed by atoms with van der Waals surface area (Å²) >= 11 is 0. The van der Waals surface area contributed by atoms with Crippen LogP contribution in [0.1, 0.15) is 41.9 Å². The van der Waals surface area contributed by atoms with E-state index in [4.69, 9.17) is 19.4 Å². The lowest BCUT2D eigenvalue weighted by atomic mass is 10.1. The lowest BCUT2D eigenvalue weighted by Crippen LogP contribution is -2.56. The van der Waals surface area contributed by atoms with Gasteiger partial charge in [0, 0.05) is 55.7 Å². The van der Waals surface area contributed by atoms with Crippen molar-refractivity contribution >= 4 is 46.7 Å². The first-order valence-corrected chi connectivity index (χ1v) is 15.2. The van der Waals surface area contributed by atoms with E-state index in [1.165, 1.54) is 21.9 Å². The fourth-order valence-electron chi connectivity index (χ4n) is 4.75. The van der Waals surface area contributed by atoms with Crippen molar-refractivity contribution in [1.82, 2.24) is 20.1 Å². The molecule has 0 saturated carbocycles. The molecule has 1 fully saturated rings. The van der Waals surface area contributed by atoms with Gasteiger partial charge in [-0.2, -0.15) is 13.2 Å². The van der Waals surface area contributed by atoms with Crippen molar-refractivity contribution in [2.45, 2.75) is 38.1 Å². The van der Waals surface area contributed by atoms with Gasteiger partial charge in [0.1, 0.15) is 28.8 Å². The molecule has 1 aliphatic heterocycles. The average Bonchev–Trinajstić information content (AvgIpc) is 3.08. The van der Waals surface area contributed by atoms with E-state index in [1.54, 1.807) is 25.1 Å². The smallest absolute Gasteiger partial charge is 0.481 e. The first kappa shape index (κ1) is 40.4. The van der Waals surface area contributed by atoms with E-state index in [-0.39, 0.29) is 55.9 Å². The largest absolute Gasteiger partial charge is 0.490 e. The highest BCUT2D eigenvalue weighted by Crippen LogP contribution is 2.32. The molecule has 20 heteroatoms. The quantitative estimate of drug-likeness (QED) is 0.208. The summed E-state index contributed by atoms with van der Waals surface area (Å²) in [5, 5.41) is 28.4. The summed E-state index contributed by atoms with van der Waals surface area (Å²) in [5.41, 5.74) is -0.791. The zero-order chi connectivity index (χ0) is 38.7. The number of ether oxygens (including phenoxy) is 2. The predicted molar refractivity (Wildman–Crippen MR) is 166 cm³/mol. The van der Waals surface area contributed by atoms with Crippen LogP contribution in [-0.2, 0) is 23.9 Å². The van der Waals surface area contributed by atoms with Gasteiger partial charge in [-0.25, -0.2) is 28.1 Å². The van der Waals surface area contributed by atoms with E-state index in [0.717, 1.165) is 12.1 Å². The topological polar surface area (TPSA) is 213 Å². The van der Waals surface area contributed by atoms with E-state index in [9.17, 15) is 56.1 Å². The van der Waals surface area contributed by atoms with Crippen LogP contribution in [-0.4, -0.2) is 111 Å². The number of carboxylic acid groups (broad SMARTS) is 3. The van der Waals surface area contributed by atoms with Crippen molar-refractivity contribution in [3.63, 3.8) is 0 Å². The molecule has 4 rings (SSSR count). The molecule has 1 unspecified atom stereocenters.